The zero-order valence-corrected chi connectivity index (χ0v) is 14.0. The molecule has 1 N–H and O–H groups in total. The molecule has 2 fully saturated rings. The molecule has 0 saturated carbocycles. The predicted octanol–water partition coefficient (Wildman–Crippen LogP) is 1.34. The van der Waals surface area contributed by atoms with Gasteiger partial charge in [-0.25, -0.2) is 0 Å². The second-order valence-corrected chi connectivity index (χ2v) is 6.42. The number of amides is 1. The molecule has 1 unspecified atom stereocenters. The van der Waals surface area contributed by atoms with Crippen LogP contribution in [0.4, 0.5) is 0 Å². The van der Waals surface area contributed by atoms with Gasteiger partial charge in [0.25, 0.3) is 5.91 Å². The van der Waals surface area contributed by atoms with Crippen LogP contribution in [0.25, 0.3) is 0 Å². The third-order valence-electron chi connectivity index (χ3n) is 4.86. The molecule has 126 valence electrons. The van der Waals surface area contributed by atoms with Crippen molar-refractivity contribution in [2.45, 2.75) is 25.4 Å². The molecule has 0 aromatic heterocycles. The van der Waals surface area contributed by atoms with E-state index in [1.54, 1.807) is 0 Å². The van der Waals surface area contributed by atoms with Gasteiger partial charge in [0.05, 0.1) is 13.2 Å². The Labute approximate surface area is 138 Å². The predicted molar refractivity (Wildman–Crippen MR) is 90.5 cm³/mol. The summed E-state index contributed by atoms with van der Waals surface area (Å²) in [6.07, 6.45) is 2.22. The van der Waals surface area contributed by atoms with Gasteiger partial charge in [0.15, 0.2) is 0 Å². The van der Waals surface area contributed by atoms with Gasteiger partial charge in [0, 0.05) is 44.3 Å². The molecule has 0 radical (unpaired) electrons. The molecule has 2 aliphatic rings. The Kier molecular flexibility index (Phi) is 5.65. The summed E-state index contributed by atoms with van der Waals surface area (Å²) in [4.78, 5) is 17.3. The zero-order chi connectivity index (χ0) is 16.1. The van der Waals surface area contributed by atoms with E-state index < -0.39 is 0 Å². The molecular formula is C18H27N3O2. The minimum atomic E-state index is 0.175. The monoisotopic (exact) mass is 317 g/mol. The number of piperidine rings is 1. The smallest absolute Gasteiger partial charge is 0.254 e. The number of morpholine rings is 1. The molecule has 2 aliphatic heterocycles. The van der Waals surface area contributed by atoms with Gasteiger partial charge in [-0.15, -0.1) is 0 Å². The van der Waals surface area contributed by atoms with Crippen LogP contribution >= 0.6 is 0 Å². The second-order valence-electron chi connectivity index (χ2n) is 6.42. The number of likely N-dealkylation sites (tertiary alicyclic amines) is 1. The van der Waals surface area contributed by atoms with Gasteiger partial charge in [0.2, 0.25) is 0 Å². The van der Waals surface area contributed by atoms with Gasteiger partial charge in [-0.05, 0) is 31.5 Å². The third kappa shape index (κ3) is 4.10. The number of carbonyl (C=O) groups excluding carboxylic acids is 1. The van der Waals surface area contributed by atoms with Crippen molar-refractivity contribution in [1.29, 1.82) is 0 Å². The first-order chi connectivity index (χ1) is 11.3. The highest BCUT2D eigenvalue weighted by Crippen LogP contribution is 2.18. The fraction of sp³-hybridized carbons (Fsp3) is 0.611. The van der Waals surface area contributed by atoms with Crippen LogP contribution in [-0.4, -0.2) is 68.2 Å². The molecule has 2 saturated heterocycles. The molecule has 2 heterocycles. The fourth-order valence-corrected chi connectivity index (χ4v) is 3.43. The Morgan fingerprint density at radius 2 is 2.04 bits per heavy atom. The summed E-state index contributed by atoms with van der Waals surface area (Å²) in [6, 6.07) is 8.47. The number of carbonyl (C=O) groups is 1. The summed E-state index contributed by atoms with van der Waals surface area (Å²) < 4.78 is 5.41. The molecule has 0 bridgehead atoms. The highest BCUT2D eigenvalue weighted by molar-refractivity contribution is 5.95. The van der Waals surface area contributed by atoms with Crippen LogP contribution in [0.15, 0.2) is 24.3 Å². The Balaban J connectivity index is 1.72. The van der Waals surface area contributed by atoms with Crippen LogP contribution in [0.5, 0.6) is 0 Å². The van der Waals surface area contributed by atoms with Crippen molar-refractivity contribution in [3.8, 4) is 0 Å². The molecule has 5 heteroatoms. The Morgan fingerprint density at radius 1 is 1.26 bits per heavy atom. The summed E-state index contributed by atoms with van der Waals surface area (Å²) in [6.45, 7) is 5.94. The van der Waals surface area contributed by atoms with E-state index in [4.69, 9.17) is 4.74 Å². The number of likely N-dealkylation sites (N-methyl/N-ethyl adjacent to an activating group) is 1. The normalized spacial score (nSPS) is 23.0. The summed E-state index contributed by atoms with van der Waals surface area (Å²) in [5.41, 5.74) is 1.99. The average Bonchev–Trinajstić information content (AvgIpc) is 2.62. The maximum Gasteiger partial charge on any atom is 0.254 e. The number of nitrogens with one attached hydrogen (secondary N) is 1. The standard InChI is InChI=1S/C18H27N3O2/c1-19-16-6-4-8-21(14-16)18(22)17-7-3-2-5-15(17)13-20-9-11-23-12-10-20/h2-3,5,7,16,19H,4,6,8-14H2,1H3. The minimum Gasteiger partial charge on any atom is -0.379 e. The topological polar surface area (TPSA) is 44.8 Å². The van der Waals surface area contributed by atoms with E-state index in [1.807, 2.05) is 30.1 Å². The third-order valence-corrected chi connectivity index (χ3v) is 4.86. The van der Waals surface area contributed by atoms with E-state index in [1.165, 1.54) is 0 Å². The van der Waals surface area contributed by atoms with Crippen molar-refractivity contribution in [3.05, 3.63) is 35.4 Å². The van der Waals surface area contributed by atoms with Gasteiger partial charge in [0.1, 0.15) is 0 Å². The highest BCUT2D eigenvalue weighted by Gasteiger charge is 2.25. The Bertz CT molecular complexity index is 529. The first-order valence-corrected chi connectivity index (χ1v) is 8.62. The van der Waals surface area contributed by atoms with E-state index in [2.05, 4.69) is 16.3 Å². The number of ether oxygens (including phenoxy) is 1. The number of hydrogen-bond acceptors (Lipinski definition) is 4. The van der Waals surface area contributed by atoms with Crippen LogP contribution in [-0.2, 0) is 11.3 Å². The lowest BCUT2D eigenvalue weighted by molar-refractivity contribution is 0.0339. The molecule has 3 rings (SSSR count). The molecule has 23 heavy (non-hydrogen) atoms. The first-order valence-electron chi connectivity index (χ1n) is 8.62. The SMILES string of the molecule is CNC1CCCN(C(=O)c2ccccc2CN2CCOCC2)C1. The van der Waals surface area contributed by atoms with Crippen molar-refractivity contribution in [1.82, 2.24) is 15.1 Å². The Hall–Kier alpha value is -1.43. The maximum absolute atomic E-state index is 13.0. The van der Waals surface area contributed by atoms with E-state index in [0.717, 1.165) is 69.9 Å². The lowest BCUT2D eigenvalue weighted by Gasteiger charge is -2.33. The number of nitrogens with zero attached hydrogens (tertiary/aromatic N) is 2. The molecular weight excluding hydrogens is 290 g/mol. The second kappa shape index (κ2) is 7.90. The van der Waals surface area contributed by atoms with Gasteiger partial charge in [-0.3, -0.25) is 9.69 Å². The van der Waals surface area contributed by atoms with Gasteiger partial charge < -0.3 is 15.0 Å². The fourth-order valence-electron chi connectivity index (χ4n) is 3.43. The quantitative estimate of drug-likeness (QED) is 0.910. The molecule has 0 spiro atoms. The molecule has 5 nitrogen and oxygen atoms in total. The largest absolute Gasteiger partial charge is 0.379 e. The van der Waals surface area contributed by atoms with Gasteiger partial charge >= 0.3 is 0 Å². The average molecular weight is 317 g/mol. The van der Waals surface area contributed by atoms with E-state index in [9.17, 15) is 4.79 Å². The van der Waals surface area contributed by atoms with Crippen LogP contribution in [0, 0.1) is 0 Å². The molecule has 1 amide bonds. The lowest BCUT2D eigenvalue weighted by atomic mass is 10.0. The van der Waals surface area contributed by atoms with Crippen LogP contribution in [0.3, 0.4) is 0 Å². The van der Waals surface area contributed by atoms with Crippen LogP contribution in [0.1, 0.15) is 28.8 Å². The van der Waals surface area contributed by atoms with Crippen molar-refractivity contribution in [2.75, 3.05) is 46.4 Å². The summed E-state index contributed by atoms with van der Waals surface area (Å²) >= 11 is 0. The molecule has 1 atom stereocenters. The van der Waals surface area contributed by atoms with Crippen molar-refractivity contribution in [2.24, 2.45) is 0 Å². The number of hydrogen-bond donors (Lipinski definition) is 1. The lowest BCUT2D eigenvalue weighted by Crippen LogP contribution is -2.47. The first kappa shape index (κ1) is 16.4. The van der Waals surface area contributed by atoms with Crippen molar-refractivity contribution in [3.63, 3.8) is 0 Å². The molecule has 1 aromatic carbocycles. The van der Waals surface area contributed by atoms with E-state index in [0.29, 0.717) is 6.04 Å². The highest BCUT2D eigenvalue weighted by atomic mass is 16.5. The van der Waals surface area contributed by atoms with Crippen molar-refractivity contribution >= 4 is 5.91 Å². The van der Waals surface area contributed by atoms with Gasteiger partial charge in [-0.2, -0.15) is 0 Å². The van der Waals surface area contributed by atoms with E-state index >= 15 is 0 Å². The maximum atomic E-state index is 13.0. The zero-order valence-electron chi connectivity index (χ0n) is 14.0. The van der Waals surface area contributed by atoms with Crippen LogP contribution in [0.2, 0.25) is 0 Å². The van der Waals surface area contributed by atoms with E-state index in [-0.39, 0.29) is 5.91 Å². The van der Waals surface area contributed by atoms with Gasteiger partial charge in [-0.1, -0.05) is 18.2 Å². The van der Waals surface area contributed by atoms with Crippen LogP contribution < -0.4 is 5.32 Å². The number of rotatable bonds is 4. The number of benzene rings is 1. The summed E-state index contributed by atoms with van der Waals surface area (Å²) in [7, 11) is 1.98. The minimum absolute atomic E-state index is 0.175. The summed E-state index contributed by atoms with van der Waals surface area (Å²) in [5, 5.41) is 3.30. The summed E-state index contributed by atoms with van der Waals surface area (Å²) in [5.74, 6) is 0.175. The Morgan fingerprint density at radius 3 is 2.83 bits per heavy atom. The van der Waals surface area contributed by atoms with Crippen molar-refractivity contribution < 1.29 is 9.53 Å². The molecule has 0 aliphatic carbocycles. The molecule has 1 aromatic rings.